The third-order valence-electron chi connectivity index (χ3n) is 4.05. The summed E-state index contributed by atoms with van der Waals surface area (Å²) in [7, 11) is 0. The molecule has 96 valence electrons. The van der Waals surface area contributed by atoms with Crippen LogP contribution in [0.15, 0.2) is 30.3 Å². The monoisotopic (exact) mass is 245 g/mol. The molecule has 0 aromatic heterocycles. The van der Waals surface area contributed by atoms with Crippen LogP contribution in [0.2, 0.25) is 0 Å². The molecule has 18 heavy (non-hydrogen) atoms. The van der Waals surface area contributed by atoms with Crippen LogP contribution in [-0.2, 0) is 4.74 Å². The fourth-order valence-electron chi connectivity index (χ4n) is 3.12. The highest BCUT2D eigenvalue weighted by Crippen LogP contribution is 2.33. The molecule has 1 aromatic carbocycles. The smallest absolute Gasteiger partial charge is 0.253 e. The van der Waals surface area contributed by atoms with E-state index >= 15 is 0 Å². The van der Waals surface area contributed by atoms with Gasteiger partial charge < -0.3 is 9.64 Å². The Labute approximate surface area is 108 Å². The van der Waals surface area contributed by atoms with Gasteiger partial charge in [0.1, 0.15) is 0 Å². The average molecular weight is 245 g/mol. The minimum absolute atomic E-state index is 0.136. The van der Waals surface area contributed by atoms with Crippen molar-refractivity contribution in [2.75, 3.05) is 13.1 Å². The van der Waals surface area contributed by atoms with Crippen molar-refractivity contribution in [2.24, 2.45) is 5.92 Å². The first-order valence-electron chi connectivity index (χ1n) is 6.74. The third-order valence-corrected chi connectivity index (χ3v) is 4.05. The topological polar surface area (TPSA) is 29.5 Å². The summed E-state index contributed by atoms with van der Waals surface area (Å²) in [6, 6.07) is 9.52. The molecule has 1 aromatic rings. The number of ether oxygens (including phenoxy) is 1. The molecule has 2 aliphatic rings. The average Bonchev–Trinajstić information content (AvgIpc) is 2.78. The van der Waals surface area contributed by atoms with Gasteiger partial charge in [-0.3, -0.25) is 4.79 Å². The third kappa shape index (κ3) is 2.15. The van der Waals surface area contributed by atoms with Crippen LogP contribution < -0.4 is 0 Å². The van der Waals surface area contributed by atoms with E-state index in [1.807, 2.05) is 35.2 Å². The molecule has 3 atom stereocenters. The second kappa shape index (κ2) is 4.73. The first-order chi connectivity index (χ1) is 8.74. The van der Waals surface area contributed by atoms with Crippen LogP contribution in [0.25, 0.3) is 0 Å². The van der Waals surface area contributed by atoms with Gasteiger partial charge in [0.15, 0.2) is 0 Å². The molecule has 1 amide bonds. The first-order valence-corrected chi connectivity index (χ1v) is 6.74. The van der Waals surface area contributed by atoms with Gasteiger partial charge in [-0.1, -0.05) is 18.2 Å². The van der Waals surface area contributed by atoms with E-state index in [9.17, 15) is 4.79 Å². The van der Waals surface area contributed by atoms with Crippen LogP contribution in [0, 0.1) is 5.92 Å². The van der Waals surface area contributed by atoms with Crippen molar-refractivity contribution in [2.45, 2.75) is 32.0 Å². The van der Waals surface area contributed by atoms with E-state index < -0.39 is 0 Å². The summed E-state index contributed by atoms with van der Waals surface area (Å²) in [5.41, 5.74) is 0.780. The number of amides is 1. The fraction of sp³-hybridized carbons (Fsp3) is 0.533. The fourth-order valence-corrected chi connectivity index (χ4v) is 3.12. The molecule has 3 heteroatoms. The van der Waals surface area contributed by atoms with Crippen molar-refractivity contribution in [3.8, 4) is 0 Å². The van der Waals surface area contributed by atoms with E-state index in [-0.39, 0.29) is 12.0 Å². The lowest BCUT2D eigenvalue weighted by Gasteiger charge is -2.34. The zero-order valence-corrected chi connectivity index (χ0v) is 10.7. The Bertz CT molecular complexity index is 431. The number of piperidine rings is 1. The number of benzene rings is 1. The predicted molar refractivity (Wildman–Crippen MR) is 69.4 cm³/mol. The molecule has 0 aliphatic carbocycles. The van der Waals surface area contributed by atoms with Gasteiger partial charge in [0.2, 0.25) is 0 Å². The van der Waals surface area contributed by atoms with Crippen LogP contribution in [0.4, 0.5) is 0 Å². The SMILES string of the molecule is C[C@@H]1C[C@@H]2CCN(C(=O)c3ccccc3)C[C@H]2O1. The Morgan fingerprint density at radius 3 is 2.89 bits per heavy atom. The van der Waals surface area contributed by atoms with Crippen molar-refractivity contribution in [3.05, 3.63) is 35.9 Å². The summed E-state index contributed by atoms with van der Waals surface area (Å²) < 4.78 is 5.89. The Hall–Kier alpha value is -1.35. The van der Waals surface area contributed by atoms with Gasteiger partial charge in [-0.05, 0) is 37.8 Å². The lowest BCUT2D eigenvalue weighted by molar-refractivity contribution is 0.00157. The predicted octanol–water partition coefficient (Wildman–Crippen LogP) is 2.33. The van der Waals surface area contributed by atoms with E-state index in [2.05, 4.69) is 6.92 Å². The summed E-state index contributed by atoms with van der Waals surface area (Å²) in [5, 5.41) is 0. The molecule has 2 aliphatic heterocycles. The Balaban J connectivity index is 1.70. The second-order valence-corrected chi connectivity index (χ2v) is 5.39. The van der Waals surface area contributed by atoms with Crippen LogP contribution >= 0.6 is 0 Å². The number of carbonyl (C=O) groups is 1. The molecule has 0 saturated carbocycles. The summed E-state index contributed by atoms with van der Waals surface area (Å²) >= 11 is 0. The van der Waals surface area contributed by atoms with Crippen molar-refractivity contribution in [3.63, 3.8) is 0 Å². The van der Waals surface area contributed by atoms with Crippen LogP contribution in [-0.4, -0.2) is 36.1 Å². The molecule has 3 rings (SSSR count). The largest absolute Gasteiger partial charge is 0.373 e. The zero-order chi connectivity index (χ0) is 12.5. The van der Waals surface area contributed by atoms with Gasteiger partial charge in [-0.25, -0.2) is 0 Å². The summed E-state index contributed by atoms with van der Waals surface area (Å²) in [6.45, 7) is 3.75. The van der Waals surface area contributed by atoms with Crippen molar-refractivity contribution >= 4 is 5.91 Å². The molecule has 0 N–H and O–H groups in total. The highest BCUT2D eigenvalue weighted by molar-refractivity contribution is 5.94. The highest BCUT2D eigenvalue weighted by Gasteiger charge is 2.38. The van der Waals surface area contributed by atoms with Gasteiger partial charge in [0.25, 0.3) is 5.91 Å². The Kier molecular flexibility index (Phi) is 3.08. The molecular formula is C15H19NO2. The summed E-state index contributed by atoms with van der Waals surface area (Å²) in [4.78, 5) is 14.3. The maximum Gasteiger partial charge on any atom is 0.253 e. The normalized spacial score (nSPS) is 31.2. The standard InChI is InChI=1S/C15H19NO2/c1-11-9-13-7-8-16(10-14(13)18-11)15(17)12-5-3-2-4-6-12/h2-6,11,13-14H,7-10H2,1H3/t11-,13+,14-/m1/s1. The second-order valence-electron chi connectivity index (χ2n) is 5.39. The number of carbonyl (C=O) groups excluding carboxylic acids is 1. The molecule has 2 heterocycles. The van der Waals surface area contributed by atoms with E-state index in [1.54, 1.807) is 0 Å². The van der Waals surface area contributed by atoms with Gasteiger partial charge in [-0.15, -0.1) is 0 Å². The first kappa shape index (κ1) is 11.7. The number of hydrogen-bond donors (Lipinski definition) is 0. The highest BCUT2D eigenvalue weighted by atomic mass is 16.5. The summed E-state index contributed by atoms with van der Waals surface area (Å²) in [5.74, 6) is 0.789. The van der Waals surface area contributed by atoms with E-state index in [0.717, 1.165) is 31.5 Å². The molecular weight excluding hydrogens is 226 g/mol. The molecule has 2 saturated heterocycles. The number of hydrogen-bond acceptors (Lipinski definition) is 2. The summed E-state index contributed by atoms with van der Waals surface area (Å²) in [6.07, 6.45) is 2.83. The van der Waals surface area contributed by atoms with Crippen LogP contribution in [0.5, 0.6) is 0 Å². The van der Waals surface area contributed by atoms with E-state index in [0.29, 0.717) is 12.0 Å². The van der Waals surface area contributed by atoms with Gasteiger partial charge >= 0.3 is 0 Å². The van der Waals surface area contributed by atoms with E-state index in [4.69, 9.17) is 4.74 Å². The lowest BCUT2D eigenvalue weighted by Crippen LogP contribution is -2.45. The Morgan fingerprint density at radius 2 is 2.11 bits per heavy atom. The molecule has 0 unspecified atom stereocenters. The van der Waals surface area contributed by atoms with Crippen LogP contribution in [0.1, 0.15) is 30.1 Å². The van der Waals surface area contributed by atoms with Gasteiger partial charge in [0, 0.05) is 18.7 Å². The van der Waals surface area contributed by atoms with Crippen molar-refractivity contribution in [1.82, 2.24) is 4.90 Å². The molecule has 2 fully saturated rings. The molecule has 0 radical (unpaired) electrons. The zero-order valence-electron chi connectivity index (χ0n) is 10.7. The van der Waals surface area contributed by atoms with E-state index in [1.165, 1.54) is 0 Å². The molecule has 0 spiro atoms. The minimum Gasteiger partial charge on any atom is -0.373 e. The maximum absolute atomic E-state index is 12.3. The number of fused-ring (bicyclic) bond motifs is 1. The van der Waals surface area contributed by atoms with Gasteiger partial charge in [0.05, 0.1) is 12.2 Å². The molecule has 3 nitrogen and oxygen atoms in total. The maximum atomic E-state index is 12.3. The quantitative estimate of drug-likeness (QED) is 0.760. The van der Waals surface area contributed by atoms with Gasteiger partial charge in [-0.2, -0.15) is 0 Å². The number of likely N-dealkylation sites (tertiary alicyclic amines) is 1. The van der Waals surface area contributed by atoms with Crippen LogP contribution in [0.3, 0.4) is 0 Å². The number of rotatable bonds is 1. The number of nitrogens with zero attached hydrogens (tertiary/aromatic N) is 1. The Morgan fingerprint density at radius 1 is 1.33 bits per heavy atom. The minimum atomic E-state index is 0.136. The molecule has 0 bridgehead atoms. The lowest BCUT2D eigenvalue weighted by atomic mass is 9.92. The van der Waals surface area contributed by atoms with Crippen molar-refractivity contribution < 1.29 is 9.53 Å². The van der Waals surface area contributed by atoms with Crippen molar-refractivity contribution in [1.29, 1.82) is 0 Å².